The molecule has 4 aromatic carbocycles. The maximum atomic E-state index is 14.8. The molecule has 4 aromatic rings. The summed E-state index contributed by atoms with van der Waals surface area (Å²) in [4.78, 5) is 59.0. The number of benzene rings is 4. The number of hydrogen-bond donors (Lipinski definition) is 8. The van der Waals surface area contributed by atoms with Crippen LogP contribution >= 0.6 is 0 Å². The lowest BCUT2D eigenvalue weighted by atomic mass is 9.44. The molecule has 0 aromatic heterocycles. The van der Waals surface area contributed by atoms with E-state index in [1.807, 2.05) is 0 Å². The van der Waals surface area contributed by atoms with Gasteiger partial charge in [-0.15, -0.1) is 0 Å². The van der Waals surface area contributed by atoms with Gasteiger partial charge in [0.15, 0.2) is 23.1 Å². The van der Waals surface area contributed by atoms with E-state index in [0.717, 1.165) is 26.0 Å². The molecular weight excluding hydrogens is 624 g/mol. The van der Waals surface area contributed by atoms with Crippen molar-refractivity contribution in [1.29, 1.82) is 0 Å². The Hall–Kier alpha value is -5.20. The molecule has 0 radical (unpaired) electrons. The Bertz CT molecular complexity index is 2070. The molecule has 2 unspecified atom stereocenters. The largest absolute Gasteiger partial charge is 0.507 e. The standard InChI is InChI=1S/C36H34O12/c1-33(2)17-7-13-9-19(39)15(11-37)25(41)21(13)27(43)23(17)29(45)35(5,31(33)47)36(6)30(46)24-18(34(3,4)32(36)48)8-14-10-20(40)16(12-38)26(42)22(14)28(24)44/h7-10,37-44H,11-12H2,1-6H3. The predicted octanol–water partition coefficient (Wildman–Crippen LogP) is 4.01. The van der Waals surface area contributed by atoms with Crippen LogP contribution in [0.5, 0.6) is 34.5 Å². The molecule has 0 bridgehead atoms. The molecule has 48 heavy (non-hydrogen) atoms. The number of carbonyl (C=O) groups excluding carboxylic acids is 4. The highest BCUT2D eigenvalue weighted by molar-refractivity contribution is 6.34. The van der Waals surface area contributed by atoms with Gasteiger partial charge in [0, 0.05) is 0 Å². The van der Waals surface area contributed by atoms with Crippen molar-refractivity contribution in [3.63, 3.8) is 0 Å². The minimum absolute atomic E-state index is 0.00425. The molecule has 8 N–H and O–H groups in total. The zero-order valence-electron chi connectivity index (χ0n) is 26.9. The summed E-state index contributed by atoms with van der Waals surface area (Å²) in [6.07, 6.45) is 0. The van der Waals surface area contributed by atoms with E-state index in [4.69, 9.17) is 0 Å². The average molecular weight is 659 g/mol. The first-order valence-electron chi connectivity index (χ1n) is 15.1. The first kappa shape index (κ1) is 32.7. The fraction of sp³-hybridized carbons (Fsp3) is 0.333. The van der Waals surface area contributed by atoms with Crippen molar-refractivity contribution in [3.05, 3.63) is 57.6 Å². The number of Topliss-reactive ketones (excluding diaryl/α,β-unsaturated/α-hetero) is 4. The zero-order chi connectivity index (χ0) is 35.8. The number of hydrogen-bond acceptors (Lipinski definition) is 12. The summed E-state index contributed by atoms with van der Waals surface area (Å²) in [5.74, 6) is -7.94. The Morgan fingerprint density at radius 2 is 0.812 bits per heavy atom. The third kappa shape index (κ3) is 3.50. The Balaban J connectivity index is 1.70. The lowest BCUT2D eigenvalue weighted by molar-refractivity contribution is -0.146. The van der Waals surface area contributed by atoms with Crippen LogP contribution in [0.4, 0.5) is 0 Å². The topological polar surface area (TPSA) is 230 Å². The minimum atomic E-state index is -2.52. The Labute approximate surface area is 273 Å². The van der Waals surface area contributed by atoms with Crippen LogP contribution in [0.3, 0.4) is 0 Å². The highest BCUT2D eigenvalue weighted by Crippen LogP contribution is 2.61. The number of phenolic OH excluding ortho intramolecular Hbond substituents is 2. The van der Waals surface area contributed by atoms with Gasteiger partial charge in [0.1, 0.15) is 45.3 Å². The van der Waals surface area contributed by atoms with E-state index in [9.17, 15) is 60.0 Å². The summed E-state index contributed by atoms with van der Waals surface area (Å²) in [7, 11) is 0. The van der Waals surface area contributed by atoms with Crippen molar-refractivity contribution in [2.75, 3.05) is 0 Å². The van der Waals surface area contributed by atoms with E-state index >= 15 is 0 Å². The van der Waals surface area contributed by atoms with Crippen LogP contribution in [0.1, 0.15) is 84.5 Å². The van der Waals surface area contributed by atoms with Gasteiger partial charge in [-0.2, -0.15) is 0 Å². The van der Waals surface area contributed by atoms with Crippen molar-refractivity contribution in [1.82, 2.24) is 0 Å². The van der Waals surface area contributed by atoms with Crippen LogP contribution < -0.4 is 0 Å². The maximum Gasteiger partial charge on any atom is 0.181 e. The monoisotopic (exact) mass is 658 g/mol. The molecule has 250 valence electrons. The smallest absolute Gasteiger partial charge is 0.181 e. The molecular formula is C36H34O12. The number of aliphatic hydroxyl groups excluding tert-OH is 2. The Kier molecular flexibility index (Phi) is 6.60. The van der Waals surface area contributed by atoms with Crippen molar-refractivity contribution < 1.29 is 60.0 Å². The van der Waals surface area contributed by atoms with Gasteiger partial charge in [-0.3, -0.25) is 19.2 Å². The molecule has 0 saturated carbocycles. The van der Waals surface area contributed by atoms with Gasteiger partial charge in [-0.1, -0.05) is 0 Å². The lowest BCUT2D eigenvalue weighted by Crippen LogP contribution is -2.67. The second kappa shape index (κ2) is 9.68. The van der Waals surface area contributed by atoms with Crippen LogP contribution in [-0.4, -0.2) is 64.0 Å². The normalized spacial score (nSPS) is 23.1. The molecule has 12 nitrogen and oxygen atoms in total. The fourth-order valence-corrected chi connectivity index (χ4v) is 7.98. The van der Waals surface area contributed by atoms with Crippen molar-refractivity contribution in [2.45, 2.75) is 65.6 Å². The van der Waals surface area contributed by atoms with Crippen molar-refractivity contribution in [3.8, 4) is 34.5 Å². The van der Waals surface area contributed by atoms with E-state index in [-0.39, 0.29) is 43.8 Å². The van der Waals surface area contributed by atoms with E-state index in [1.165, 1.54) is 39.8 Å². The summed E-state index contributed by atoms with van der Waals surface area (Å²) in [6, 6.07) is 4.97. The minimum Gasteiger partial charge on any atom is -0.507 e. The number of ketones is 4. The summed E-state index contributed by atoms with van der Waals surface area (Å²) >= 11 is 0. The van der Waals surface area contributed by atoms with Gasteiger partial charge >= 0.3 is 0 Å². The second-order valence-corrected chi connectivity index (χ2v) is 14.1. The number of aromatic hydroxyl groups is 6. The molecule has 2 aliphatic rings. The van der Waals surface area contributed by atoms with Crippen LogP contribution in [0.25, 0.3) is 21.5 Å². The number of carbonyl (C=O) groups is 4. The van der Waals surface area contributed by atoms with Gasteiger partial charge in [0.05, 0.1) is 57.1 Å². The molecule has 2 aliphatic carbocycles. The summed E-state index contributed by atoms with van der Waals surface area (Å²) < 4.78 is 0. The van der Waals surface area contributed by atoms with E-state index < -0.39 is 104 Å². The van der Waals surface area contributed by atoms with Crippen molar-refractivity contribution in [2.24, 2.45) is 10.8 Å². The summed E-state index contributed by atoms with van der Waals surface area (Å²) in [5.41, 5.74) is -9.89. The zero-order valence-corrected chi connectivity index (χ0v) is 26.9. The van der Waals surface area contributed by atoms with E-state index in [0.29, 0.717) is 0 Å². The van der Waals surface area contributed by atoms with Gasteiger partial charge in [-0.25, -0.2) is 0 Å². The van der Waals surface area contributed by atoms with E-state index in [1.54, 1.807) is 0 Å². The van der Waals surface area contributed by atoms with E-state index in [2.05, 4.69) is 0 Å². The lowest BCUT2D eigenvalue weighted by Gasteiger charge is -2.53. The molecule has 0 amide bonds. The molecule has 0 saturated heterocycles. The molecule has 2 atom stereocenters. The molecule has 0 heterocycles. The third-order valence-corrected chi connectivity index (χ3v) is 11.0. The number of rotatable bonds is 3. The van der Waals surface area contributed by atoms with Crippen LogP contribution in [0, 0.1) is 10.8 Å². The Morgan fingerprint density at radius 3 is 1.10 bits per heavy atom. The fourth-order valence-electron chi connectivity index (χ4n) is 7.98. The Morgan fingerprint density at radius 1 is 0.500 bits per heavy atom. The van der Waals surface area contributed by atoms with Crippen molar-refractivity contribution >= 4 is 44.7 Å². The average Bonchev–Trinajstić information content (AvgIpc) is 3.00. The van der Waals surface area contributed by atoms with Gasteiger partial charge in [0.2, 0.25) is 0 Å². The number of phenols is 6. The number of aliphatic hydroxyl groups is 2. The molecule has 0 aliphatic heterocycles. The predicted molar refractivity (Wildman–Crippen MR) is 171 cm³/mol. The van der Waals surface area contributed by atoms with Crippen LogP contribution in [-0.2, 0) is 33.6 Å². The quantitative estimate of drug-likeness (QED) is 0.146. The SMILES string of the molecule is CC1(C)C(=O)C(C)(C2(C)C(=O)c3c(cc4cc(O)c(CO)c(O)c4c3O)C(C)(C)C2=O)C(=O)c2c1cc1cc(O)c(CO)c(O)c1c2O. The molecule has 0 fully saturated rings. The second-order valence-electron chi connectivity index (χ2n) is 14.1. The molecule has 6 rings (SSSR count). The third-order valence-electron chi connectivity index (χ3n) is 11.0. The summed E-state index contributed by atoms with van der Waals surface area (Å²) in [5, 5.41) is 84.7. The highest BCUT2D eigenvalue weighted by atomic mass is 16.3. The van der Waals surface area contributed by atoms with Gasteiger partial charge in [0.25, 0.3) is 0 Å². The van der Waals surface area contributed by atoms with Crippen LogP contribution in [0.2, 0.25) is 0 Å². The first-order valence-corrected chi connectivity index (χ1v) is 15.1. The molecule has 0 spiro atoms. The van der Waals surface area contributed by atoms with Gasteiger partial charge < -0.3 is 40.9 Å². The maximum absolute atomic E-state index is 14.8. The number of fused-ring (bicyclic) bond motifs is 4. The molecule has 12 heteroatoms. The van der Waals surface area contributed by atoms with Crippen LogP contribution in [0.15, 0.2) is 24.3 Å². The summed E-state index contributed by atoms with van der Waals surface area (Å²) in [6.45, 7) is 6.41. The first-order chi connectivity index (χ1) is 22.2. The van der Waals surface area contributed by atoms with Gasteiger partial charge in [-0.05, 0) is 87.7 Å². The highest BCUT2D eigenvalue weighted by Gasteiger charge is 2.71.